The zero-order chi connectivity index (χ0) is 13.0. The summed E-state index contributed by atoms with van der Waals surface area (Å²) >= 11 is 0. The van der Waals surface area contributed by atoms with Gasteiger partial charge in [0.05, 0.1) is 5.69 Å². The monoisotopic (exact) mass is 242 g/mol. The summed E-state index contributed by atoms with van der Waals surface area (Å²) in [6.45, 7) is 7.76. The predicted molar refractivity (Wildman–Crippen MR) is 72.1 cm³/mol. The van der Waals surface area contributed by atoms with Gasteiger partial charge in [0.2, 0.25) is 0 Å². The second-order valence-corrected chi connectivity index (χ2v) is 4.29. The summed E-state index contributed by atoms with van der Waals surface area (Å²) in [5.41, 5.74) is 4.02. The Kier molecular flexibility index (Phi) is 3.99. The van der Waals surface area contributed by atoms with Gasteiger partial charge in [-0.1, -0.05) is 6.92 Å². The zero-order valence-electron chi connectivity index (χ0n) is 11.1. The van der Waals surface area contributed by atoms with E-state index in [0.717, 1.165) is 41.6 Å². The van der Waals surface area contributed by atoms with Crippen LogP contribution in [0.1, 0.15) is 24.0 Å². The summed E-state index contributed by atoms with van der Waals surface area (Å²) in [6.07, 6.45) is 1.81. The second kappa shape index (κ2) is 5.69. The smallest absolute Gasteiger partial charge is 0.159 e. The van der Waals surface area contributed by atoms with E-state index in [0.29, 0.717) is 0 Å². The van der Waals surface area contributed by atoms with Crippen LogP contribution in [0.4, 0.5) is 0 Å². The topological polar surface area (TPSA) is 50.7 Å². The molecule has 0 amide bonds. The van der Waals surface area contributed by atoms with Crippen molar-refractivity contribution in [2.24, 2.45) is 0 Å². The highest BCUT2D eigenvalue weighted by atomic mass is 14.9. The van der Waals surface area contributed by atoms with Crippen LogP contribution in [0.5, 0.6) is 0 Å². The molecule has 0 aliphatic carbocycles. The van der Waals surface area contributed by atoms with Crippen molar-refractivity contribution in [3.05, 3.63) is 41.5 Å². The van der Waals surface area contributed by atoms with Crippen LogP contribution in [0, 0.1) is 13.8 Å². The van der Waals surface area contributed by atoms with E-state index in [1.807, 2.05) is 32.0 Å². The fraction of sp³-hybridized carbons (Fsp3) is 0.357. The number of nitrogens with zero attached hydrogens (tertiary/aromatic N) is 3. The van der Waals surface area contributed by atoms with E-state index in [2.05, 4.69) is 27.2 Å². The first kappa shape index (κ1) is 12.6. The van der Waals surface area contributed by atoms with Crippen LogP contribution >= 0.6 is 0 Å². The standard InChI is InChI=1S/C14H18N4/c1-4-15-9-13-5-6-16-14(18-13)12-7-10(2)17-11(3)8-12/h5-8,15H,4,9H2,1-3H3. The van der Waals surface area contributed by atoms with E-state index in [4.69, 9.17) is 0 Å². The van der Waals surface area contributed by atoms with Crippen molar-refractivity contribution in [2.45, 2.75) is 27.3 Å². The average Bonchev–Trinajstić information content (AvgIpc) is 2.35. The van der Waals surface area contributed by atoms with Crippen molar-refractivity contribution < 1.29 is 0 Å². The van der Waals surface area contributed by atoms with Gasteiger partial charge in [0.1, 0.15) is 0 Å². The molecule has 0 saturated carbocycles. The summed E-state index contributed by atoms with van der Waals surface area (Å²) in [6, 6.07) is 5.96. The molecule has 0 aromatic carbocycles. The van der Waals surface area contributed by atoms with Gasteiger partial charge >= 0.3 is 0 Å². The number of pyridine rings is 1. The Morgan fingerprint density at radius 2 is 1.83 bits per heavy atom. The van der Waals surface area contributed by atoms with Crippen LogP contribution in [-0.2, 0) is 6.54 Å². The summed E-state index contributed by atoms with van der Waals surface area (Å²) in [5, 5.41) is 3.26. The largest absolute Gasteiger partial charge is 0.311 e. The van der Waals surface area contributed by atoms with Gasteiger partial charge < -0.3 is 5.32 Å². The van der Waals surface area contributed by atoms with E-state index < -0.39 is 0 Å². The van der Waals surface area contributed by atoms with Crippen molar-refractivity contribution in [1.82, 2.24) is 20.3 Å². The molecule has 2 aromatic heterocycles. The molecular formula is C14H18N4. The lowest BCUT2D eigenvalue weighted by atomic mass is 10.2. The molecule has 0 radical (unpaired) electrons. The van der Waals surface area contributed by atoms with Gasteiger partial charge in [-0.3, -0.25) is 4.98 Å². The Morgan fingerprint density at radius 3 is 2.50 bits per heavy atom. The third kappa shape index (κ3) is 3.11. The number of aromatic nitrogens is 3. The van der Waals surface area contributed by atoms with E-state index in [1.165, 1.54) is 0 Å². The number of hydrogen-bond donors (Lipinski definition) is 1. The van der Waals surface area contributed by atoms with Gasteiger partial charge in [0, 0.05) is 29.7 Å². The van der Waals surface area contributed by atoms with Gasteiger partial charge in [0.25, 0.3) is 0 Å². The number of rotatable bonds is 4. The summed E-state index contributed by atoms with van der Waals surface area (Å²) in [5.74, 6) is 0.763. The SMILES string of the molecule is CCNCc1ccnc(-c2cc(C)nc(C)c2)n1. The maximum atomic E-state index is 4.56. The van der Waals surface area contributed by atoms with Crippen LogP contribution in [-0.4, -0.2) is 21.5 Å². The molecule has 2 aromatic rings. The van der Waals surface area contributed by atoms with E-state index in [9.17, 15) is 0 Å². The number of aryl methyl sites for hydroxylation is 2. The first-order chi connectivity index (χ1) is 8.69. The highest BCUT2D eigenvalue weighted by molar-refractivity contribution is 5.55. The summed E-state index contributed by atoms with van der Waals surface area (Å²) < 4.78 is 0. The minimum absolute atomic E-state index is 0.763. The molecule has 18 heavy (non-hydrogen) atoms. The van der Waals surface area contributed by atoms with Crippen LogP contribution in [0.25, 0.3) is 11.4 Å². The third-order valence-electron chi connectivity index (χ3n) is 2.61. The molecule has 1 N–H and O–H groups in total. The minimum atomic E-state index is 0.763. The zero-order valence-corrected chi connectivity index (χ0v) is 11.1. The minimum Gasteiger partial charge on any atom is -0.311 e. The molecule has 0 spiro atoms. The van der Waals surface area contributed by atoms with E-state index in [1.54, 1.807) is 6.20 Å². The van der Waals surface area contributed by atoms with Crippen LogP contribution in [0.3, 0.4) is 0 Å². The first-order valence-electron chi connectivity index (χ1n) is 6.17. The van der Waals surface area contributed by atoms with E-state index >= 15 is 0 Å². The summed E-state index contributed by atoms with van der Waals surface area (Å²) in [4.78, 5) is 13.3. The Labute approximate surface area is 108 Å². The molecule has 0 atom stereocenters. The molecule has 0 bridgehead atoms. The lowest BCUT2D eigenvalue weighted by molar-refractivity contribution is 0.709. The molecule has 0 aliphatic heterocycles. The number of nitrogens with one attached hydrogen (secondary N) is 1. The molecular weight excluding hydrogens is 224 g/mol. The van der Waals surface area contributed by atoms with Gasteiger partial charge in [-0.2, -0.15) is 0 Å². The molecule has 0 saturated heterocycles. The Morgan fingerprint density at radius 1 is 1.11 bits per heavy atom. The fourth-order valence-electron chi connectivity index (χ4n) is 1.85. The van der Waals surface area contributed by atoms with Crippen LogP contribution in [0.15, 0.2) is 24.4 Å². The molecule has 0 fully saturated rings. The highest BCUT2D eigenvalue weighted by Crippen LogP contribution is 2.16. The molecule has 94 valence electrons. The molecule has 2 heterocycles. The van der Waals surface area contributed by atoms with E-state index in [-0.39, 0.29) is 0 Å². The Bertz CT molecular complexity index is 517. The van der Waals surface area contributed by atoms with Gasteiger partial charge in [-0.25, -0.2) is 9.97 Å². The van der Waals surface area contributed by atoms with Crippen LogP contribution in [0.2, 0.25) is 0 Å². The maximum Gasteiger partial charge on any atom is 0.159 e. The van der Waals surface area contributed by atoms with Crippen LogP contribution < -0.4 is 5.32 Å². The first-order valence-corrected chi connectivity index (χ1v) is 6.17. The van der Waals surface area contributed by atoms with Crippen molar-refractivity contribution in [3.8, 4) is 11.4 Å². The number of hydrogen-bond acceptors (Lipinski definition) is 4. The lowest BCUT2D eigenvalue weighted by Crippen LogP contribution is -2.13. The molecule has 0 aliphatic rings. The fourth-order valence-corrected chi connectivity index (χ4v) is 1.85. The van der Waals surface area contributed by atoms with Crippen molar-refractivity contribution in [2.75, 3.05) is 6.54 Å². The van der Waals surface area contributed by atoms with Crippen molar-refractivity contribution >= 4 is 0 Å². The molecule has 0 unspecified atom stereocenters. The van der Waals surface area contributed by atoms with Crippen molar-refractivity contribution in [3.63, 3.8) is 0 Å². The maximum absolute atomic E-state index is 4.56. The van der Waals surface area contributed by atoms with Gasteiger partial charge in [-0.05, 0) is 38.6 Å². The van der Waals surface area contributed by atoms with Gasteiger partial charge in [0.15, 0.2) is 5.82 Å². The third-order valence-corrected chi connectivity index (χ3v) is 2.61. The quantitative estimate of drug-likeness (QED) is 0.893. The average molecular weight is 242 g/mol. The summed E-state index contributed by atoms with van der Waals surface area (Å²) in [7, 11) is 0. The van der Waals surface area contributed by atoms with Crippen molar-refractivity contribution in [1.29, 1.82) is 0 Å². The predicted octanol–water partition coefficient (Wildman–Crippen LogP) is 2.26. The molecule has 4 heteroatoms. The normalized spacial score (nSPS) is 10.6. The molecule has 2 rings (SSSR count). The molecule has 4 nitrogen and oxygen atoms in total. The lowest BCUT2D eigenvalue weighted by Gasteiger charge is -2.06. The second-order valence-electron chi connectivity index (χ2n) is 4.29. The highest BCUT2D eigenvalue weighted by Gasteiger charge is 2.04. The van der Waals surface area contributed by atoms with Gasteiger partial charge in [-0.15, -0.1) is 0 Å². The Balaban J connectivity index is 2.32. The Hall–Kier alpha value is -1.81.